The van der Waals surface area contributed by atoms with E-state index in [9.17, 15) is 13.8 Å². The predicted molar refractivity (Wildman–Crippen MR) is 124 cm³/mol. The molecular formula is C24H25N3O5S. The minimum absolute atomic E-state index is 0.00636. The highest BCUT2D eigenvalue weighted by atomic mass is 32.2. The van der Waals surface area contributed by atoms with Gasteiger partial charge in [0.1, 0.15) is 17.4 Å². The lowest BCUT2D eigenvalue weighted by Gasteiger charge is -2.15. The van der Waals surface area contributed by atoms with Crippen LogP contribution < -0.4 is 10.1 Å². The van der Waals surface area contributed by atoms with Crippen molar-refractivity contribution in [1.29, 1.82) is 0 Å². The van der Waals surface area contributed by atoms with E-state index in [0.29, 0.717) is 22.7 Å². The van der Waals surface area contributed by atoms with Crippen LogP contribution in [-0.2, 0) is 26.9 Å². The summed E-state index contributed by atoms with van der Waals surface area (Å²) in [4.78, 5) is 32.7. The molecule has 1 N–H and O–H groups in total. The molecule has 2 unspecified atom stereocenters. The van der Waals surface area contributed by atoms with Crippen LogP contribution in [0.5, 0.6) is 5.75 Å². The molecule has 0 bridgehead atoms. The number of rotatable bonds is 8. The molecule has 1 amide bonds. The second kappa shape index (κ2) is 10.8. The molecule has 2 heterocycles. The van der Waals surface area contributed by atoms with E-state index in [1.165, 1.54) is 19.3 Å². The first-order valence-electron chi connectivity index (χ1n) is 10.2. The van der Waals surface area contributed by atoms with Crippen LogP contribution in [-0.4, -0.2) is 33.2 Å². The maximum Gasteiger partial charge on any atom is 0.303 e. The number of nitrogens with zero attached hydrogens (tertiary/aromatic N) is 2. The molecule has 0 aliphatic rings. The number of pyridine rings is 2. The number of esters is 1. The molecule has 2 atom stereocenters. The summed E-state index contributed by atoms with van der Waals surface area (Å²) < 4.78 is 23.5. The van der Waals surface area contributed by atoms with Gasteiger partial charge in [0.15, 0.2) is 0 Å². The van der Waals surface area contributed by atoms with Crippen LogP contribution in [0.1, 0.15) is 46.3 Å². The van der Waals surface area contributed by atoms with Crippen molar-refractivity contribution in [1.82, 2.24) is 9.97 Å². The molecule has 172 valence electrons. The third-order valence-electron chi connectivity index (χ3n) is 5.08. The van der Waals surface area contributed by atoms with Gasteiger partial charge in [-0.1, -0.05) is 12.1 Å². The third-order valence-corrected chi connectivity index (χ3v) is 6.70. The van der Waals surface area contributed by atoms with Crippen molar-refractivity contribution in [3.8, 4) is 5.75 Å². The zero-order valence-electron chi connectivity index (χ0n) is 18.8. The van der Waals surface area contributed by atoms with Crippen LogP contribution in [0.15, 0.2) is 59.9 Å². The quantitative estimate of drug-likeness (QED) is 0.499. The van der Waals surface area contributed by atoms with Crippen molar-refractivity contribution in [2.45, 2.75) is 37.7 Å². The second-order valence-corrected chi connectivity index (χ2v) is 8.92. The van der Waals surface area contributed by atoms with E-state index in [2.05, 4.69) is 15.3 Å². The zero-order chi connectivity index (χ0) is 24.0. The lowest BCUT2D eigenvalue weighted by molar-refractivity contribution is -0.142. The summed E-state index contributed by atoms with van der Waals surface area (Å²) in [6.45, 7) is 4.92. The van der Waals surface area contributed by atoms with Gasteiger partial charge in [0.25, 0.3) is 5.91 Å². The maximum absolute atomic E-state index is 13.3. The molecular weight excluding hydrogens is 442 g/mol. The smallest absolute Gasteiger partial charge is 0.303 e. The average Bonchev–Trinajstić information content (AvgIpc) is 2.83. The summed E-state index contributed by atoms with van der Waals surface area (Å²) in [5.41, 5.74) is 2.78. The van der Waals surface area contributed by atoms with Crippen LogP contribution in [0.4, 0.5) is 5.69 Å². The number of anilines is 1. The number of carbonyl (C=O) groups is 2. The van der Waals surface area contributed by atoms with Crippen LogP contribution in [0.25, 0.3) is 0 Å². The number of ether oxygens (including phenoxy) is 2. The van der Waals surface area contributed by atoms with Gasteiger partial charge in [-0.15, -0.1) is 0 Å². The van der Waals surface area contributed by atoms with Crippen LogP contribution in [0.2, 0.25) is 0 Å². The fraction of sp³-hybridized carbons (Fsp3) is 0.250. The molecule has 2 aromatic heterocycles. The largest absolute Gasteiger partial charge is 0.497 e. The maximum atomic E-state index is 13.3. The highest BCUT2D eigenvalue weighted by Gasteiger charge is 2.23. The molecule has 0 saturated carbocycles. The molecule has 0 spiro atoms. The van der Waals surface area contributed by atoms with Gasteiger partial charge in [0, 0.05) is 25.0 Å². The molecule has 9 heteroatoms. The van der Waals surface area contributed by atoms with E-state index in [-0.39, 0.29) is 17.2 Å². The van der Waals surface area contributed by atoms with Crippen molar-refractivity contribution in [2.75, 3.05) is 12.4 Å². The van der Waals surface area contributed by atoms with E-state index < -0.39 is 27.9 Å². The Hall–Kier alpha value is -3.59. The highest BCUT2D eigenvalue weighted by molar-refractivity contribution is 7.85. The van der Waals surface area contributed by atoms with Crippen molar-refractivity contribution in [3.63, 3.8) is 0 Å². The SMILES string of the molecule is COc1ccc(C(C)S(=O)c2ncccc2C(=O)Nc2ccnc(COC(C)=O)c2C)cc1. The summed E-state index contributed by atoms with van der Waals surface area (Å²) >= 11 is 0. The molecule has 1 aromatic carbocycles. The summed E-state index contributed by atoms with van der Waals surface area (Å²) in [6, 6.07) is 12.1. The fourth-order valence-electron chi connectivity index (χ4n) is 3.11. The van der Waals surface area contributed by atoms with Crippen LogP contribution in [0, 0.1) is 6.92 Å². The number of nitrogens with one attached hydrogen (secondary N) is 1. The van der Waals surface area contributed by atoms with Gasteiger partial charge >= 0.3 is 5.97 Å². The van der Waals surface area contributed by atoms with E-state index in [1.54, 1.807) is 44.4 Å². The molecule has 33 heavy (non-hydrogen) atoms. The Morgan fingerprint density at radius 2 is 1.82 bits per heavy atom. The molecule has 8 nitrogen and oxygen atoms in total. The minimum atomic E-state index is -1.58. The Morgan fingerprint density at radius 3 is 2.48 bits per heavy atom. The molecule has 3 rings (SSSR count). The molecule has 3 aromatic rings. The Balaban J connectivity index is 1.84. The highest BCUT2D eigenvalue weighted by Crippen LogP contribution is 2.28. The van der Waals surface area contributed by atoms with Crippen molar-refractivity contribution >= 4 is 28.4 Å². The van der Waals surface area contributed by atoms with Gasteiger partial charge < -0.3 is 14.8 Å². The van der Waals surface area contributed by atoms with Crippen molar-refractivity contribution in [2.24, 2.45) is 0 Å². The summed E-state index contributed by atoms with van der Waals surface area (Å²) in [5.74, 6) is -0.157. The molecule has 0 aliphatic carbocycles. The standard InChI is InChI=1S/C24H25N3O5S/c1-15-21(11-13-25-22(15)14-32-17(3)28)27-23(29)20-6-5-12-26-24(20)33(30)16(2)18-7-9-19(31-4)10-8-18/h5-13,16H,14H2,1-4H3,(H,25,27,29). The third kappa shape index (κ3) is 5.81. The molecule has 0 aliphatic heterocycles. The first-order chi connectivity index (χ1) is 15.8. The normalized spacial score (nSPS) is 12.5. The Kier molecular flexibility index (Phi) is 7.89. The number of methoxy groups -OCH3 is 1. The van der Waals surface area contributed by atoms with Gasteiger partial charge in [-0.2, -0.15) is 0 Å². The van der Waals surface area contributed by atoms with Crippen molar-refractivity contribution < 1.29 is 23.3 Å². The number of hydrogen-bond acceptors (Lipinski definition) is 7. The van der Waals surface area contributed by atoms with Gasteiger partial charge in [-0.25, -0.2) is 4.98 Å². The zero-order valence-corrected chi connectivity index (χ0v) is 19.6. The van der Waals surface area contributed by atoms with E-state index >= 15 is 0 Å². The Labute approximate surface area is 194 Å². The number of hydrogen-bond donors (Lipinski definition) is 1. The van der Waals surface area contributed by atoms with Gasteiger partial charge in [0.05, 0.1) is 34.4 Å². The first-order valence-corrected chi connectivity index (χ1v) is 11.4. The fourth-order valence-corrected chi connectivity index (χ4v) is 4.39. The van der Waals surface area contributed by atoms with Crippen LogP contribution >= 0.6 is 0 Å². The molecule has 0 saturated heterocycles. The van der Waals surface area contributed by atoms with Gasteiger partial charge in [0.2, 0.25) is 0 Å². The Bertz CT molecular complexity index is 1180. The topological polar surface area (TPSA) is 107 Å². The van der Waals surface area contributed by atoms with Gasteiger partial charge in [-0.05, 0) is 55.3 Å². The lowest BCUT2D eigenvalue weighted by Crippen LogP contribution is -2.18. The van der Waals surface area contributed by atoms with Crippen molar-refractivity contribution in [3.05, 3.63) is 77.2 Å². The Morgan fingerprint density at radius 1 is 1.09 bits per heavy atom. The van der Waals surface area contributed by atoms with E-state index in [0.717, 1.165) is 5.56 Å². The summed E-state index contributed by atoms with van der Waals surface area (Å²) in [6.07, 6.45) is 3.04. The molecule has 0 fully saturated rings. The number of aromatic nitrogens is 2. The summed E-state index contributed by atoms with van der Waals surface area (Å²) in [5, 5.41) is 2.64. The number of carbonyl (C=O) groups excluding carboxylic acids is 2. The van der Waals surface area contributed by atoms with Gasteiger partial charge in [-0.3, -0.25) is 18.8 Å². The van der Waals surface area contributed by atoms with E-state index in [1.807, 2.05) is 19.1 Å². The number of amides is 1. The predicted octanol–water partition coefficient (Wildman–Crippen LogP) is 3.98. The monoisotopic (exact) mass is 467 g/mol. The lowest BCUT2D eigenvalue weighted by atomic mass is 10.1. The first kappa shape index (κ1) is 24.1. The van der Waals surface area contributed by atoms with Crippen LogP contribution in [0.3, 0.4) is 0 Å². The average molecular weight is 468 g/mol. The minimum Gasteiger partial charge on any atom is -0.497 e. The second-order valence-electron chi connectivity index (χ2n) is 7.23. The van der Waals surface area contributed by atoms with E-state index in [4.69, 9.17) is 9.47 Å². The number of benzene rings is 1. The molecule has 0 radical (unpaired) electrons. The summed E-state index contributed by atoms with van der Waals surface area (Å²) in [7, 11) is 0.00404.